The van der Waals surface area contributed by atoms with Crippen LogP contribution in [0.25, 0.3) is 0 Å². The van der Waals surface area contributed by atoms with E-state index in [1.807, 2.05) is 0 Å². The number of para-hydroxylation sites is 1. The number of anilines is 2. The van der Waals surface area contributed by atoms with Crippen LogP contribution in [0.5, 0.6) is 0 Å². The molecule has 2 amide bonds. The van der Waals surface area contributed by atoms with Crippen molar-refractivity contribution in [3.8, 4) is 0 Å². The first-order valence-electron chi connectivity index (χ1n) is 11.8. The van der Waals surface area contributed by atoms with Crippen molar-refractivity contribution in [2.45, 2.75) is 30.9 Å². The first-order chi connectivity index (χ1) is 16.0. The zero-order valence-electron chi connectivity index (χ0n) is 19.6. The van der Waals surface area contributed by atoms with Crippen molar-refractivity contribution in [2.24, 2.45) is 5.92 Å². The molecular formula is C25H34N4O2S2. The fraction of sp³-hybridized carbons (Fsp3) is 0.520. The number of thioether (sulfide) groups is 1. The summed E-state index contributed by atoms with van der Waals surface area (Å²) in [6, 6.07) is 12.7. The summed E-state index contributed by atoms with van der Waals surface area (Å²) in [6.45, 7) is 10.3. The Morgan fingerprint density at radius 3 is 2.61 bits per heavy atom. The summed E-state index contributed by atoms with van der Waals surface area (Å²) < 4.78 is 1.16. The molecule has 3 heterocycles. The van der Waals surface area contributed by atoms with E-state index in [0.717, 1.165) is 55.5 Å². The van der Waals surface area contributed by atoms with Crippen LogP contribution in [0.4, 0.5) is 11.4 Å². The van der Waals surface area contributed by atoms with Crippen LogP contribution in [-0.2, 0) is 16.0 Å². The monoisotopic (exact) mass is 486 g/mol. The second kappa shape index (κ2) is 11.4. The number of carbonyl (C=O) groups excluding carboxylic acids is 2. The van der Waals surface area contributed by atoms with Crippen molar-refractivity contribution < 1.29 is 9.59 Å². The molecule has 0 atom stereocenters. The van der Waals surface area contributed by atoms with Gasteiger partial charge in [0.1, 0.15) is 6.54 Å². The fourth-order valence-corrected chi connectivity index (χ4v) is 6.88. The highest BCUT2D eigenvalue weighted by molar-refractivity contribution is 8.02. The van der Waals surface area contributed by atoms with Crippen molar-refractivity contribution in [3.05, 3.63) is 41.3 Å². The molecule has 1 N–H and O–H groups in total. The number of thiophene rings is 1. The van der Waals surface area contributed by atoms with Crippen LogP contribution < -0.4 is 15.1 Å². The maximum absolute atomic E-state index is 12.6. The molecule has 2 aliphatic rings. The SMILES string of the molecule is CC(C)Cc1cc2c(s1)SCC(=O)N2CC(=O)NCCCN1CCN(c2ccccc2)CC1. The number of rotatable bonds is 9. The van der Waals surface area contributed by atoms with Crippen molar-refractivity contribution in [2.75, 3.05) is 61.4 Å². The van der Waals surface area contributed by atoms with Crippen LogP contribution in [0.15, 0.2) is 40.6 Å². The Hall–Kier alpha value is -2.03. The van der Waals surface area contributed by atoms with E-state index < -0.39 is 0 Å². The molecule has 178 valence electrons. The van der Waals surface area contributed by atoms with Gasteiger partial charge in [0.15, 0.2) is 0 Å². The van der Waals surface area contributed by atoms with Gasteiger partial charge in [-0.15, -0.1) is 23.1 Å². The Morgan fingerprint density at radius 1 is 1.12 bits per heavy atom. The zero-order chi connectivity index (χ0) is 23.2. The Morgan fingerprint density at radius 2 is 1.88 bits per heavy atom. The molecule has 0 aliphatic carbocycles. The highest BCUT2D eigenvalue weighted by Crippen LogP contribution is 2.42. The van der Waals surface area contributed by atoms with Gasteiger partial charge in [-0.2, -0.15) is 0 Å². The van der Waals surface area contributed by atoms with E-state index in [4.69, 9.17) is 0 Å². The summed E-state index contributed by atoms with van der Waals surface area (Å²) in [4.78, 5) is 32.9. The van der Waals surface area contributed by atoms with Crippen molar-refractivity contribution >= 4 is 46.3 Å². The summed E-state index contributed by atoms with van der Waals surface area (Å²) in [5.74, 6) is 0.931. The van der Waals surface area contributed by atoms with Gasteiger partial charge >= 0.3 is 0 Å². The van der Waals surface area contributed by atoms with Crippen LogP contribution in [0.1, 0.15) is 25.1 Å². The number of benzene rings is 1. The molecule has 0 saturated carbocycles. The number of amides is 2. The van der Waals surface area contributed by atoms with E-state index in [0.29, 0.717) is 18.2 Å². The van der Waals surface area contributed by atoms with Gasteiger partial charge in [0.05, 0.1) is 15.6 Å². The molecule has 0 bridgehead atoms. The standard InChI is InChI=1S/C25H34N4O2S2/c1-19(2)15-21-16-22-25(33-21)32-18-24(31)29(22)17-23(30)26-9-6-10-27-11-13-28(14-12-27)20-7-4-3-5-8-20/h3-5,7-8,16,19H,6,9-15,17-18H2,1-2H3,(H,26,30). The van der Waals surface area contributed by atoms with Gasteiger partial charge in [-0.1, -0.05) is 32.0 Å². The molecular weight excluding hydrogens is 452 g/mol. The Bertz CT molecular complexity index is 939. The quantitative estimate of drug-likeness (QED) is 0.548. The highest BCUT2D eigenvalue weighted by atomic mass is 32.2. The Labute approximate surface area is 205 Å². The van der Waals surface area contributed by atoms with E-state index in [1.54, 1.807) is 28.0 Å². The molecule has 33 heavy (non-hydrogen) atoms. The van der Waals surface area contributed by atoms with Crippen LogP contribution in [0.2, 0.25) is 0 Å². The van der Waals surface area contributed by atoms with E-state index in [2.05, 4.69) is 65.4 Å². The second-order valence-electron chi connectivity index (χ2n) is 9.12. The van der Waals surface area contributed by atoms with E-state index in [9.17, 15) is 9.59 Å². The van der Waals surface area contributed by atoms with Crippen molar-refractivity contribution in [1.82, 2.24) is 10.2 Å². The predicted octanol–water partition coefficient (Wildman–Crippen LogP) is 3.71. The van der Waals surface area contributed by atoms with Crippen LogP contribution in [-0.4, -0.2) is 68.3 Å². The summed E-state index contributed by atoms with van der Waals surface area (Å²) in [5, 5.41) is 3.02. The third kappa shape index (κ3) is 6.52. The van der Waals surface area contributed by atoms with Gasteiger partial charge < -0.3 is 15.1 Å². The van der Waals surface area contributed by atoms with Gasteiger partial charge in [0, 0.05) is 43.3 Å². The van der Waals surface area contributed by atoms with E-state index in [1.165, 1.54) is 10.6 Å². The first-order valence-corrected chi connectivity index (χ1v) is 13.6. The molecule has 1 aromatic carbocycles. The molecule has 1 aromatic heterocycles. The molecule has 4 rings (SSSR count). The lowest BCUT2D eigenvalue weighted by Crippen LogP contribution is -2.47. The number of hydrogen-bond donors (Lipinski definition) is 1. The average molecular weight is 487 g/mol. The second-order valence-corrected chi connectivity index (χ2v) is 11.5. The summed E-state index contributed by atoms with van der Waals surface area (Å²) in [5.41, 5.74) is 2.21. The predicted molar refractivity (Wildman–Crippen MR) is 139 cm³/mol. The summed E-state index contributed by atoms with van der Waals surface area (Å²) in [7, 11) is 0. The largest absolute Gasteiger partial charge is 0.369 e. The molecule has 0 unspecified atom stereocenters. The Balaban J connectivity index is 1.18. The average Bonchev–Trinajstić information content (AvgIpc) is 3.22. The lowest BCUT2D eigenvalue weighted by Gasteiger charge is -2.36. The van der Waals surface area contributed by atoms with Gasteiger partial charge in [-0.3, -0.25) is 14.5 Å². The molecule has 1 fully saturated rings. The molecule has 2 aromatic rings. The molecule has 0 spiro atoms. The third-order valence-electron chi connectivity index (χ3n) is 6.03. The highest BCUT2D eigenvalue weighted by Gasteiger charge is 2.29. The number of hydrogen-bond acceptors (Lipinski definition) is 6. The smallest absolute Gasteiger partial charge is 0.240 e. The first kappa shape index (κ1) is 24.1. The molecule has 1 saturated heterocycles. The normalized spacial score (nSPS) is 16.9. The van der Waals surface area contributed by atoms with E-state index >= 15 is 0 Å². The van der Waals surface area contributed by atoms with Crippen molar-refractivity contribution in [1.29, 1.82) is 0 Å². The number of nitrogens with one attached hydrogen (secondary N) is 1. The number of nitrogens with zero attached hydrogens (tertiary/aromatic N) is 3. The van der Waals surface area contributed by atoms with Crippen molar-refractivity contribution in [3.63, 3.8) is 0 Å². The summed E-state index contributed by atoms with van der Waals surface area (Å²) >= 11 is 3.36. The van der Waals surface area contributed by atoms with Gasteiger partial charge in [-0.25, -0.2) is 0 Å². The lowest BCUT2D eigenvalue weighted by molar-refractivity contribution is -0.123. The lowest BCUT2D eigenvalue weighted by atomic mass is 10.1. The molecule has 6 nitrogen and oxygen atoms in total. The number of piperazine rings is 1. The Kier molecular flexibility index (Phi) is 8.33. The number of fused-ring (bicyclic) bond motifs is 1. The third-order valence-corrected chi connectivity index (χ3v) is 8.43. The van der Waals surface area contributed by atoms with Crippen LogP contribution >= 0.6 is 23.1 Å². The number of carbonyl (C=O) groups is 2. The van der Waals surface area contributed by atoms with Gasteiger partial charge in [0.2, 0.25) is 11.8 Å². The minimum Gasteiger partial charge on any atom is -0.369 e. The summed E-state index contributed by atoms with van der Waals surface area (Å²) in [6.07, 6.45) is 1.93. The fourth-order valence-electron chi connectivity index (χ4n) is 4.32. The van der Waals surface area contributed by atoms with Gasteiger partial charge in [-0.05, 0) is 43.5 Å². The topological polar surface area (TPSA) is 55.9 Å². The van der Waals surface area contributed by atoms with E-state index in [-0.39, 0.29) is 18.4 Å². The maximum Gasteiger partial charge on any atom is 0.240 e. The van der Waals surface area contributed by atoms with Crippen LogP contribution in [0, 0.1) is 5.92 Å². The maximum atomic E-state index is 12.6. The van der Waals surface area contributed by atoms with Crippen LogP contribution in [0.3, 0.4) is 0 Å². The molecule has 2 aliphatic heterocycles. The molecule has 8 heteroatoms. The zero-order valence-corrected chi connectivity index (χ0v) is 21.2. The van der Waals surface area contributed by atoms with Gasteiger partial charge in [0.25, 0.3) is 0 Å². The minimum atomic E-state index is -0.0771. The minimum absolute atomic E-state index is 0.0211. The molecule has 0 radical (unpaired) electrons.